The quantitative estimate of drug-likeness (QED) is 0.221. The van der Waals surface area contributed by atoms with E-state index in [1.54, 1.807) is 30.0 Å². The monoisotopic (exact) mass is 609 g/mol. The van der Waals surface area contributed by atoms with Crippen LogP contribution in [0.3, 0.4) is 0 Å². The zero-order valence-corrected chi connectivity index (χ0v) is 26.0. The van der Waals surface area contributed by atoms with Crippen LogP contribution in [0, 0.1) is 6.92 Å². The normalized spacial score (nSPS) is 12.7. The molecule has 9 nitrogen and oxygen atoms in total. The molecular weight excluding hydrogens is 574 g/mol. The number of rotatable bonds is 8. The predicted octanol–water partition coefficient (Wildman–Crippen LogP) is 6.51. The predicted molar refractivity (Wildman–Crippen MR) is 166 cm³/mol. The lowest BCUT2D eigenvalue weighted by Crippen LogP contribution is -2.39. The molecule has 0 unspecified atom stereocenters. The fraction of sp³-hybridized carbons (Fsp3) is 0.355. The Bertz CT molecular complexity index is 1480. The minimum absolute atomic E-state index is 0.0875. The van der Waals surface area contributed by atoms with Crippen LogP contribution in [0.5, 0.6) is 0 Å². The molecule has 2 N–H and O–H groups in total. The fourth-order valence-electron chi connectivity index (χ4n) is 4.28. The molecule has 1 aromatic heterocycles. The van der Waals surface area contributed by atoms with E-state index in [4.69, 9.17) is 9.47 Å². The summed E-state index contributed by atoms with van der Waals surface area (Å²) in [5.41, 5.74) is 2.77. The summed E-state index contributed by atoms with van der Waals surface area (Å²) in [6.45, 7) is 10.0. The van der Waals surface area contributed by atoms with Crippen molar-refractivity contribution in [3.8, 4) is 0 Å². The highest BCUT2D eigenvalue weighted by atomic mass is 32.2. The number of anilines is 2. The number of ether oxygens (including phenoxy) is 2. The molecule has 1 aliphatic heterocycles. The van der Waals surface area contributed by atoms with Crippen LogP contribution in [-0.4, -0.2) is 53.3 Å². The molecule has 0 spiro atoms. The van der Waals surface area contributed by atoms with Gasteiger partial charge >= 0.3 is 12.1 Å². The number of benzene rings is 2. The maximum absolute atomic E-state index is 13.0. The molecular formula is C31H35N3O6S2. The zero-order chi connectivity index (χ0) is 30.4. The number of carbonyl (C=O) groups excluding carboxylic acids is 4. The van der Waals surface area contributed by atoms with E-state index in [1.165, 1.54) is 23.1 Å². The van der Waals surface area contributed by atoms with Gasteiger partial charge in [0.1, 0.15) is 10.6 Å². The molecule has 11 heteroatoms. The Hall–Kier alpha value is -3.83. The van der Waals surface area contributed by atoms with Crippen LogP contribution in [-0.2, 0) is 27.2 Å². The third-order valence-electron chi connectivity index (χ3n) is 6.22. The molecule has 0 aliphatic carbocycles. The first-order valence-corrected chi connectivity index (χ1v) is 15.4. The molecule has 3 aromatic rings. The number of thioether (sulfide) groups is 1. The van der Waals surface area contributed by atoms with Crippen LogP contribution in [0.4, 0.5) is 15.5 Å². The van der Waals surface area contributed by atoms with Crippen LogP contribution in [0.1, 0.15) is 64.4 Å². The molecule has 0 bridgehead atoms. The third kappa shape index (κ3) is 8.13. The molecule has 2 aromatic carbocycles. The minimum Gasteiger partial charge on any atom is -0.462 e. The molecule has 0 fully saturated rings. The Morgan fingerprint density at radius 2 is 1.79 bits per heavy atom. The van der Waals surface area contributed by atoms with Gasteiger partial charge in [0, 0.05) is 27.6 Å². The maximum Gasteiger partial charge on any atom is 0.410 e. The van der Waals surface area contributed by atoms with E-state index in [0.717, 1.165) is 20.9 Å². The van der Waals surface area contributed by atoms with Crippen molar-refractivity contribution in [3.05, 3.63) is 75.7 Å². The number of fused-ring (bicyclic) bond motifs is 1. The summed E-state index contributed by atoms with van der Waals surface area (Å²) in [7, 11) is 0. The molecule has 2 heterocycles. The summed E-state index contributed by atoms with van der Waals surface area (Å²) in [6.07, 6.45) is 0.0313. The summed E-state index contributed by atoms with van der Waals surface area (Å²) in [5.74, 6) is -0.916. The largest absolute Gasteiger partial charge is 0.462 e. The summed E-state index contributed by atoms with van der Waals surface area (Å²) in [4.78, 5) is 54.4. The Morgan fingerprint density at radius 1 is 1.05 bits per heavy atom. The van der Waals surface area contributed by atoms with Crippen molar-refractivity contribution in [2.75, 3.05) is 29.5 Å². The standard InChI is InChI=1S/C31H35N3O6S2/c1-6-39-29(37)26-23-14-15-34(30(38)40-31(3,4)5)17-24(23)42-28(26)33-25(35)18-41-22-9-7-8-21(16-22)32-27(36)20-12-10-19(2)11-13-20/h7-13,16H,6,14-15,17-18H2,1-5H3,(H,32,36)(H,33,35). The molecule has 0 saturated carbocycles. The second-order valence-electron chi connectivity index (χ2n) is 10.8. The first-order chi connectivity index (χ1) is 19.9. The van der Waals surface area contributed by atoms with Crippen LogP contribution >= 0.6 is 23.1 Å². The van der Waals surface area contributed by atoms with E-state index < -0.39 is 17.7 Å². The summed E-state index contributed by atoms with van der Waals surface area (Å²) in [6, 6.07) is 14.6. The van der Waals surface area contributed by atoms with Crippen molar-refractivity contribution in [1.82, 2.24) is 4.90 Å². The van der Waals surface area contributed by atoms with Gasteiger partial charge in [-0.15, -0.1) is 23.1 Å². The van der Waals surface area contributed by atoms with Crippen LogP contribution in [0.15, 0.2) is 53.4 Å². The highest BCUT2D eigenvalue weighted by molar-refractivity contribution is 8.00. The zero-order valence-electron chi connectivity index (χ0n) is 24.4. The summed E-state index contributed by atoms with van der Waals surface area (Å²) >= 11 is 2.59. The molecule has 1 aliphatic rings. The van der Waals surface area contributed by atoms with Crippen LogP contribution < -0.4 is 10.6 Å². The van der Waals surface area contributed by atoms with E-state index in [0.29, 0.717) is 34.8 Å². The smallest absolute Gasteiger partial charge is 0.410 e. The van der Waals surface area contributed by atoms with Crippen molar-refractivity contribution in [2.24, 2.45) is 0 Å². The minimum atomic E-state index is -0.619. The molecule has 0 atom stereocenters. The average Bonchev–Trinajstić information content (AvgIpc) is 3.28. The second-order valence-corrected chi connectivity index (χ2v) is 12.9. The topological polar surface area (TPSA) is 114 Å². The fourth-order valence-corrected chi connectivity index (χ4v) is 6.30. The summed E-state index contributed by atoms with van der Waals surface area (Å²) in [5, 5.41) is 6.19. The lowest BCUT2D eigenvalue weighted by atomic mass is 10.0. The highest BCUT2D eigenvalue weighted by Crippen LogP contribution is 2.38. The Morgan fingerprint density at radius 3 is 2.48 bits per heavy atom. The first kappa shape index (κ1) is 31.1. The van der Waals surface area contributed by atoms with E-state index in [1.807, 2.05) is 58.0 Å². The van der Waals surface area contributed by atoms with Gasteiger partial charge in [-0.3, -0.25) is 9.59 Å². The van der Waals surface area contributed by atoms with Gasteiger partial charge in [0.2, 0.25) is 5.91 Å². The number of hydrogen-bond donors (Lipinski definition) is 2. The molecule has 3 amide bonds. The number of thiophene rings is 1. The van der Waals surface area contributed by atoms with Crippen molar-refractivity contribution in [3.63, 3.8) is 0 Å². The van der Waals surface area contributed by atoms with Gasteiger partial charge in [-0.25, -0.2) is 9.59 Å². The molecule has 0 radical (unpaired) electrons. The van der Waals surface area contributed by atoms with Crippen molar-refractivity contribution >= 4 is 57.7 Å². The third-order valence-corrected chi connectivity index (χ3v) is 8.34. The Balaban J connectivity index is 1.42. The van der Waals surface area contributed by atoms with E-state index in [-0.39, 0.29) is 30.7 Å². The highest BCUT2D eigenvalue weighted by Gasteiger charge is 2.32. The van der Waals surface area contributed by atoms with Gasteiger partial charge in [0.15, 0.2) is 0 Å². The van der Waals surface area contributed by atoms with Gasteiger partial charge in [-0.2, -0.15) is 0 Å². The van der Waals surface area contributed by atoms with Crippen molar-refractivity contribution in [1.29, 1.82) is 0 Å². The maximum atomic E-state index is 13.0. The number of carbonyl (C=O) groups is 4. The molecule has 222 valence electrons. The number of hydrogen-bond acceptors (Lipinski definition) is 8. The average molecular weight is 610 g/mol. The molecule has 42 heavy (non-hydrogen) atoms. The van der Waals surface area contributed by atoms with E-state index in [2.05, 4.69) is 10.6 Å². The van der Waals surface area contributed by atoms with Crippen molar-refractivity contribution in [2.45, 2.75) is 58.1 Å². The lowest BCUT2D eigenvalue weighted by Gasteiger charge is -2.30. The van der Waals surface area contributed by atoms with E-state index >= 15 is 0 Å². The van der Waals surface area contributed by atoms with Gasteiger partial charge in [-0.1, -0.05) is 23.8 Å². The van der Waals surface area contributed by atoms with Gasteiger partial charge in [0.25, 0.3) is 5.91 Å². The lowest BCUT2D eigenvalue weighted by molar-refractivity contribution is -0.113. The number of nitrogens with zero attached hydrogens (tertiary/aromatic N) is 1. The van der Waals surface area contributed by atoms with Gasteiger partial charge in [0.05, 0.1) is 24.5 Å². The van der Waals surface area contributed by atoms with Gasteiger partial charge < -0.3 is 25.0 Å². The number of aryl methyl sites for hydroxylation is 1. The van der Waals surface area contributed by atoms with Crippen LogP contribution in [0.25, 0.3) is 0 Å². The van der Waals surface area contributed by atoms with Gasteiger partial charge in [-0.05, 0) is 76.9 Å². The molecule has 0 saturated heterocycles. The number of esters is 1. The summed E-state index contributed by atoms with van der Waals surface area (Å²) < 4.78 is 10.8. The van der Waals surface area contributed by atoms with E-state index in [9.17, 15) is 19.2 Å². The SMILES string of the molecule is CCOC(=O)c1c(NC(=O)CSc2cccc(NC(=O)c3ccc(C)cc3)c2)sc2c1CCN(C(=O)OC(C)(C)C)C2. The first-order valence-electron chi connectivity index (χ1n) is 13.6. The van der Waals surface area contributed by atoms with Crippen molar-refractivity contribution < 1.29 is 28.7 Å². The Kier molecular flexibility index (Phi) is 9.95. The van der Waals surface area contributed by atoms with Crippen LogP contribution in [0.2, 0.25) is 0 Å². The Labute approximate surface area is 254 Å². The number of nitrogens with one attached hydrogen (secondary N) is 2. The number of amides is 3. The second kappa shape index (κ2) is 13.4. The molecule has 4 rings (SSSR count).